The second kappa shape index (κ2) is 13.3. The minimum absolute atomic E-state index is 0.00490. The summed E-state index contributed by atoms with van der Waals surface area (Å²) >= 11 is 3.98. The van der Waals surface area contributed by atoms with Crippen LogP contribution in [0.4, 0.5) is 0 Å². The summed E-state index contributed by atoms with van der Waals surface area (Å²) in [6.07, 6.45) is 0.914. The molecule has 0 bridgehead atoms. The molecule has 198 valence electrons. The van der Waals surface area contributed by atoms with Gasteiger partial charge < -0.3 is 36.9 Å². The van der Waals surface area contributed by atoms with E-state index in [9.17, 15) is 29.4 Å². The summed E-state index contributed by atoms with van der Waals surface area (Å²) < 4.78 is 0. The summed E-state index contributed by atoms with van der Waals surface area (Å²) in [5, 5.41) is 27.4. The van der Waals surface area contributed by atoms with E-state index in [4.69, 9.17) is 5.73 Å². The number of nitrogens with two attached hydrogens (primary N) is 1. The lowest BCUT2D eigenvalue weighted by Gasteiger charge is -2.26. The predicted octanol–water partition coefficient (Wildman–Crippen LogP) is -0.0666. The maximum atomic E-state index is 13.3. The molecule has 0 saturated heterocycles. The molecule has 8 N–H and O–H groups in total. The van der Waals surface area contributed by atoms with E-state index in [1.165, 1.54) is 6.92 Å². The fourth-order valence-corrected chi connectivity index (χ4v) is 3.90. The minimum atomic E-state index is -1.26. The molecule has 3 amide bonds. The van der Waals surface area contributed by atoms with Crippen molar-refractivity contribution in [1.82, 2.24) is 20.9 Å². The van der Waals surface area contributed by atoms with Crippen LogP contribution in [0.3, 0.4) is 0 Å². The second-order valence-electron chi connectivity index (χ2n) is 9.16. The fourth-order valence-electron chi connectivity index (χ4n) is 3.65. The van der Waals surface area contributed by atoms with Crippen LogP contribution in [0.1, 0.15) is 32.8 Å². The lowest BCUT2D eigenvalue weighted by molar-refractivity contribution is -0.141. The van der Waals surface area contributed by atoms with Crippen molar-refractivity contribution in [2.24, 2.45) is 11.7 Å². The molecule has 0 aliphatic heterocycles. The number of thiol groups is 1. The van der Waals surface area contributed by atoms with Gasteiger partial charge in [0.2, 0.25) is 17.7 Å². The average Bonchev–Trinajstić information content (AvgIpc) is 3.23. The van der Waals surface area contributed by atoms with Gasteiger partial charge in [-0.15, -0.1) is 0 Å². The summed E-state index contributed by atoms with van der Waals surface area (Å²) in [6.45, 7) is 5.09. The summed E-state index contributed by atoms with van der Waals surface area (Å²) in [7, 11) is 0. The number of hydrogen-bond acceptors (Lipinski definition) is 7. The summed E-state index contributed by atoms with van der Waals surface area (Å²) in [6, 6.07) is 2.78. The van der Waals surface area contributed by atoms with Gasteiger partial charge in [-0.25, -0.2) is 4.79 Å². The van der Waals surface area contributed by atoms with Crippen LogP contribution in [0, 0.1) is 5.92 Å². The first kappa shape index (κ1) is 29.1. The predicted molar refractivity (Wildman–Crippen MR) is 138 cm³/mol. The molecule has 0 fully saturated rings. The van der Waals surface area contributed by atoms with Gasteiger partial charge in [-0.05, 0) is 30.9 Å². The number of benzene rings is 1. The molecule has 2 aromatic rings. The van der Waals surface area contributed by atoms with E-state index in [0.717, 1.165) is 16.5 Å². The molecule has 0 spiro atoms. The molecule has 2 rings (SSSR count). The van der Waals surface area contributed by atoms with Crippen molar-refractivity contribution in [3.8, 4) is 0 Å². The lowest BCUT2D eigenvalue weighted by atomic mass is 10.00. The van der Waals surface area contributed by atoms with Gasteiger partial charge in [0.05, 0.1) is 6.10 Å². The number of carbonyl (C=O) groups excluding carboxylic acids is 3. The Morgan fingerprint density at radius 3 is 2.14 bits per heavy atom. The molecule has 1 aromatic carbocycles. The van der Waals surface area contributed by atoms with Gasteiger partial charge in [-0.1, -0.05) is 32.0 Å². The number of carbonyl (C=O) groups is 4. The van der Waals surface area contributed by atoms with Crippen LogP contribution in [-0.4, -0.2) is 74.9 Å². The van der Waals surface area contributed by atoms with Crippen LogP contribution in [0.5, 0.6) is 0 Å². The Hall–Kier alpha value is -3.09. The zero-order valence-corrected chi connectivity index (χ0v) is 21.4. The summed E-state index contributed by atoms with van der Waals surface area (Å²) in [4.78, 5) is 53.3. The number of aromatic amines is 1. The fraction of sp³-hybridized carbons (Fsp3) is 0.500. The minimum Gasteiger partial charge on any atom is -0.480 e. The van der Waals surface area contributed by atoms with Crippen LogP contribution in [0.15, 0.2) is 30.5 Å². The molecule has 11 nitrogen and oxygen atoms in total. The molecule has 36 heavy (non-hydrogen) atoms. The van der Waals surface area contributed by atoms with Gasteiger partial charge in [-0.2, -0.15) is 12.6 Å². The van der Waals surface area contributed by atoms with Crippen molar-refractivity contribution in [3.63, 3.8) is 0 Å². The first-order valence-corrected chi connectivity index (χ1v) is 12.3. The smallest absolute Gasteiger partial charge is 0.327 e. The number of carboxylic acid groups (broad SMARTS) is 1. The van der Waals surface area contributed by atoms with Crippen molar-refractivity contribution in [2.45, 2.75) is 63.9 Å². The molecule has 5 unspecified atom stereocenters. The number of para-hydroxylation sites is 1. The lowest BCUT2D eigenvalue weighted by Crippen LogP contribution is -2.58. The van der Waals surface area contributed by atoms with Gasteiger partial charge in [0.15, 0.2) is 0 Å². The molecule has 1 heterocycles. The van der Waals surface area contributed by atoms with Crippen molar-refractivity contribution in [2.75, 3.05) is 5.75 Å². The Labute approximate surface area is 215 Å². The third kappa shape index (κ3) is 7.97. The van der Waals surface area contributed by atoms with Crippen LogP contribution < -0.4 is 21.7 Å². The molecular formula is C24H35N5O6S. The van der Waals surface area contributed by atoms with Gasteiger partial charge in [-0.3, -0.25) is 14.4 Å². The maximum absolute atomic E-state index is 13.3. The molecule has 5 atom stereocenters. The van der Waals surface area contributed by atoms with Crippen molar-refractivity contribution in [1.29, 1.82) is 0 Å². The number of H-pyrrole nitrogens is 1. The van der Waals surface area contributed by atoms with Crippen molar-refractivity contribution >= 4 is 47.2 Å². The average molecular weight is 522 g/mol. The van der Waals surface area contributed by atoms with E-state index in [2.05, 4.69) is 33.6 Å². The van der Waals surface area contributed by atoms with E-state index < -0.39 is 54.0 Å². The second-order valence-corrected chi connectivity index (χ2v) is 9.53. The van der Waals surface area contributed by atoms with Gasteiger partial charge >= 0.3 is 5.97 Å². The van der Waals surface area contributed by atoms with E-state index in [0.29, 0.717) is 0 Å². The zero-order valence-electron chi connectivity index (χ0n) is 20.5. The normalized spacial score (nSPS) is 15.5. The Bertz CT molecular complexity index is 1070. The highest BCUT2D eigenvalue weighted by molar-refractivity contribution is 7.80. The highest BCUT2D eigenvalue weighted by Gasteiger charge is 2.31. The van der Waals surface area contributed by atoms with Gasteiger partial charge in [0.25, 0.3) is 0 Å². The highest BCUT2D eigenvalue weighted by Crippen LogP contribution is 2.19. The topological polar surface area (TPSA) is 187 Å². The maximum Gasteiger partial charge on any atom is 0.327 e. The Kier molecular flexibility index (Phi) is 10.8. The summed E-state index contributed by atoms with van der Waals surface area (Å²) in [5.41, 5.74) is 7.29. The van der Waals surface area contributed by atoms with Gasteiger partial charge in [0, 0.05) is 29.3 Å². The molecule has 0 aliphatic carbocycles. The number of aromatic nitrogens is 1. The molecule has 0 saturated carbocycles. The highest BCUT2D eigenvalue weighted by atomic mass is 32.1. The molecular weight excluding hydrogens is 486 g/mol. The standard InChI is InChI=1S/C24H35N5O6S/c1-12(2)8-17(28-23(33)20(25)13(3)30)21(31)27-18(22(32)29-19(11-36)24(34)35)9-14-10-26-16-7-5-4-6-15(14)16/h4-7,10,12-13,17-20,26,30,36H,8-9,11,25H2,1-3H3,(H,27,31)(H,28,33)(H,29,32)(H,34,35). The summed E-state index contributed by atoms with van der Waals surface area (Å²) in [5.74, 6) is -3.43. The number of fused-ring (bicyclic) bond motifs is 1. The Morgan fingerprint density at radius 1 is 0.972 bits per heavy atom. The van der Waals surface area contributed by atoms with Gasteiger partial charge in [0.1, 0.15) is 24.2 Å². The number of aliphatic carboxylic acids is 1. The van der Waals surface area contributed by atoms with Crippen LogP contribution in [0.25, 0.3) is 10.9 Å². The zero-order chi connectivity index (χ0) is 27.0. The SMILES string of the molecule is CC(C)CC(NC(=O)C(N)C(C)O)C(=O)NC(Cc1c[nH]c2ccccc12)C(=O)NC(CS)C(=O)O. The van der Waals surface area contributed by atoms with E-state index in [1.807, 2.05) is 38.1 Å². The van der Waals surface area contributed by atoms with Crippen LogP contribution in [0.2, 0.25) is 0 Å². The van der Waals surface area contributed by atoms with Crippen molar-refractivity contribution < 1.29 is 29.4 Å². The first-order chi connectivity index (χ1) is 16.9. The number of amides is 3. The third-order valence-corrected chi connectivity index (χ3v) is 6.06. The van der Waals surface area contributed by atoms with Crippen LogP contribution in [-0.2, 0) is 25.6 Å². The molecule has 0 radical (unpaired) electrons. The molecule has 12 heteroatoms. The first-order valence-electron chi connectivity index (χ1n) is 11.7. The van der Waals surface area contributed by atoms with E-state index in [-0.39, 0.29) is 24.5 Å². The number of rotatable bonds is 13. The van der Waals surface area contributed by atoms with Crippen LogP contribution >= 0.6 is 12.6 Å². The number of carboxylic acids is 1. The number of hydrogen-bond donors (Lipinski definition) is 8. The van der Waals surface area contributed by atoms with Crippen molar-refractivity contribution in [3.05, 3.63) is 36.0 Å². The number of aliphatic hydroxyl groups is 1. The Balaban J connectivity index is 2.31. The third-order valence-electron chi connectivity index (χ3n) is 5.69. The number of nitrogens with one attached hydrogen (secondary N) is 4. The Morgan fingerprint density at radius 2 is 1.56 bits per heavy atom. The molecule has 1 aromatic heterocycles. The number of aliphatic hydroxyl groups excluding tert-OH is 1. The largest absolute Gasteiger partial charge is 0.480 e. The van der Waals surface area contributed by atoms with E-state index in [1.54, 1.807) is 6.20 Å². The monoisotopic (exact) mass is 521 g/mol. The quantitative estimate of drug-likeness (QED) is 0.169. The molecule has 0 aliphatic rings. The van der Waals surface area contributed by atoms with E-state index >= 15 is 0 Å².